The number of allylic oxidation sites excluding steroid dienone is 4. The molecule has 70 valence electrons. The molecule has 2 rings (SSSR count). The molecule has 2 aliphatic heterocycles. The summed E-state index contributed by atoms with van der Waals surface area (Å²) in [4.78, 5) is 1.13. The zero-order valence-corrected chi connectivity index (χ0v) is 8.27. The molecular weight excluding hydrogens is 182 g/mol. The van der Waals surface area contributed by atoms with E-state index in [4.69, 9.17) is 0 Å². The van der Waals surface area contributed by atoms with Gasteiger partial charge in [0.2, 0.25) is 0 Å². The molecule has 0 aromatic heterocycles. The van der Waals surface area contributed by atoms with Crippen molar-refractivity contribution in [3.63, 3.8) is 0 Å². The third-order valence-electron chi connectivity index (χ3n) is 2.30. The van der Waals surface area contributed by atoms with Gasteiger partial charge >= 0.3 is 0 Å². The summed E-state index contributed by atoms with van der Waals surface area (Å²) in [6.45, 7) is 0. The lowest BCUT2D eigenvalue weighted by molar-refractivity contribution is 0.669. The van der Waals surface area contributed by atoms with E-state index >= 15 is 0 Å². The third-order valence-corrected chi connectivity index (χ3v) is 3.95. The SMILES string of the molecule is O=S1CCCCC1=C1C=CNC=C1. The predicted octanol–water partition coefficient (Wildman–Crippen LogP) is 1.80. The molecule has 0 aromatic carbocycles. The summed E-state index contributed by atoms with van der Waals surface area (Å²) in [6.07, 6.45) is 11.0. The standard InChI is InChI=1S/C10H13NOS/c12-13-8-2-1-3-10(13)9-4-6-11-7-5-9/h4-7,11H,1-3,8H2. The molecule has 1 unspecified atom stereocenters. The van der Waals surface area contributed by atoms with Crippen LogP contribution >= 0.6 is 0 Å². The van der Waals surface area contributed by atoms with E-state index in [0.717, 1.165) is 29.1 Å². The first-order valence-electron chi connectivity index (χ1n) is 4.58. The molecule has 2 heterocycles. The summed E-state index contributed by atoms with van der Waals surface area (Å²) in [5, 5.41) is 2.97. The van der Waals surface area contributed by atoms with Crippen LogP contribution in [0.5, 0.6) is 0 Å². The van der Waals surface area contributed by atoms with E-state index in [-0.39, 0.29) is 0 Å². The van der Waals surface area contributed by atoms with Gasteiger partial charge in [0.1, 0.15) is 0 Å². The van der Waals surface area contributed by atoms with Crippen molar-refractivity contribution in [2.75, 3.05) is 5.75 Å². The van der Waals surface area contributed by atoms with Gasteiger partial charge in [-0.25, -0.2) is 0 Å². The second-order valence-electron chi connectivity index (χ2n) is 3.22. The Morgan fingerprint density at radius 3 is 2.69 bits per heavy atom. The van der Waals surface area contributed by atoms with Gasteiger partial charge in [-0.1, -0.05) is 0 Å². The van der Waals surface area contributed by atoms with Crippen LogP contribution in [0.15, 0.2) is 35.0 Å². The number of dihydropyridines is 1. The van der Waals surface area contributed by atoms with Crippen molar-refractivity contribution in [1.82, 2.24) is 5.32 Å². The van der Waals surface area contributed by atoms with E-state index < -0.39 is 10.8 Å². The predicted molar refractivity (Wildman–Crippen MR) is 55.3 cm³/mol. The summed E-state index contributed by atoms with van der Waals surface area (Å²) >= 11 is 0. The smallest absolute Gasteiger partial charge is 0.0494 e. The molecule has 0 saturated carbocycles. The van der Waals surface area contributed by atoms with E-state index in [1.807, 2.05) is 24.6 Å². The van der Waals surface area contributed by atoms with Gasteiger partial charge < -0.3 is 5.32 Å². The molecule has 13 heavy (non-hydrogen) atoms. The van der Waals surface area contributed by atoms with Crippen LogP contribution in [0.1, 0.15) is 19.3 Å². The zero-order chi connectivity index (χ0) is 9.10. The lowest BCUT2D eigenvalue weighted by Crippen LogP contribution is -2.10. The molecule has 0 amide bonds. The first kappa shape index (κ1) is 8.75. The molecule has 0 spiro atoms. The number of hydrogen-bond acceptors (Lipinski definition) is 2. The summed E-state index contributed by atoms with van der Waals surface area (Å²) in [7, 11) is -0.726. The van der Waals surface area contributed by atoms with Crippen LogP contribution in [0.25, 0.3) is 0 Å². The summed E-state index contributed by atoms with van der Waals surface area (Å²) in [5.41, 5.74) is 1.14. The maximum absolute atomic E-state index is 11.7. The Morgan fingerprint density at radius 2 is 2.00 bits per heavy atom. The molecule has 2 nitrogen and oxygen atoms in total. The molecule has 0 aliphatic carbocycles. The van der Waals surface area contributed by atoms with E-state index in [9.17, 15) is 4.21 Å². The molecule has 0 radical (unpaired) electrons. The van der Waals surface area contributed by atoms with Gasteiger partial charge in [0, 0.05) is 33.9 Å². The fourth-order valence-corrected chi connectivity index (χ4v) is 3.09. The average Bonchev–Trinajstić information content (AvgIpc) is 2.20. The minimum absolute atomic E-state index is 0.726. The molecule has 1 atom stereocenters. The van der Waals surface area contributed by atoms with Crippen LogP contribution in [0.4, 0.5) is 0 Å². The Labute approximate surface area is 80.9 Å². The van der Waals surface area contributed by atoms with E-state index in [2.05, 4.69) is 5.32 Å². The lowest BCUT2D eigenvalue weighted by Gasteiger charge is -2.16. The van der Waals surface area contributed by atoms with Crippen LogP contribution in [0.2, 0.25) is 0 Å². The van der Waals surface area contributed by atoms with E-state index in [0.29, 0.717) is 0 Å². The van der Waals surface area contributed by atoms with Gasteiger partial charge in [0.15, 0.2) is 0 Å². The summed E-state index contributed by atoms with van der Waals surface area (Å²) in [5.74, 6) is 0.841. The molecule has 0 bridgehead atoms. The average molecular weight is 195 g/mol. The minimum atomic E-state index is -0.726. The van der Waals surface area contributed by atoms with Crippen molar-refractivity contribution in [2.45, 2.75) is 19.3 Å². The number of rotatable bonds is 0. The van der Waals surface area contributed by atoms with Crippen LogP contribution in [0.3, 0.4) is 0 Å². The monoisotopic (exact) mass is 195 g/mol. The third kappa shape index (κ3) is 1.91. The Hall–Kier alpha value is -0.830. The van der Waals surface area contributed by atoms with Crippen molar-refractivity contribution in [3.05, 3.63) is 35.0 Å². The van der Waals surface area contributed by atoms with E-state index in [1.165, 1.54) is 6.42 Å². The van der Waals surface area contributed by atoms with Crippen LogP contribution in [0, 0.1) is 0 Å². The normalized spacial score (nSPS) is 27.5. The van der Waals surface area contributed by atoms with Crippen molar-refractivity contribution >= 4 is 10.8 Å². The molecule has 0 aromatic rings. The Balaban J connectivity index is 2.29. The highest BCUT2D eigenvalue weighted by atomic mass is 32.2. The number of hydrogen-bond donors (Lipinski definition) is 1. The second kappa shape index (κ2) is 3.92. The summed E-state index contributed by atoms with van der Waals surface area (Å²) in [6, 6.07) is 0. The van der Waals surface area contributed by atoms with Crippen molar-refractivity contribution in [3.8, 4) is 0 Å². The quantitative estimate of drug-likeness (QED) is 0.638. The van der Waals surface area contributed by atoms with Gasteiger partial charge in [-0.15, -0.1) is 0 Å². The molecule has 1 fully saturated rings. The van der Waals surface area contributed by atoms with Crippen LogP contribution in [-0.4, -0.2) is 9.96 Å². The molecular formula is C10H13NOS. The molecule has 1 saturated heterocycles. The van der Waals surface area contributed by atoms with Gasteiger partial charge in [-0.3, -0.25) is 4.21 Å². The molecule has 3 heteroatoms. The van der Waals surface area contributed by atoms with E-state index in [1.54, 1.807) is 0 Å². The van der Waals surface area contributed by atoms with Gasteiger partial charge in [0.05, 0.1) is 0 Å². The lowest BCUT2D eigenvalue weighted by atomic mass is 10.1. The van der Waals surface area contributed by atoms with Crippen LogP contribution < -0.4 is 5.32 Å². The maximum Gasteiger partial charge on any atom is 0.0494 e. The first-order valence-corrected chi connectivity index (χ1v) is 5.90. The zero-order valence-electron chi connectivity index (χ0n) is 7.45. The van der Waals surface area contributed by atoms with Gasteiger partial charge in [-0.05, 0) is 37.0 Å². The van der Waals surface area contributed by atoms with Crippen molar-refractivity contribution in [2.24, 2.45) is 0 Å². The number of nitrogens with one attached hydrogen (secondary N) is 1. The van der Waals surface area contributed by atoms with Gasteiger partial charge in [0.25, 0.3) is 0 Å². The fraction of sp³-hybridized carbons (Fsp3) is 0.400. The Kier molecular flexibility index (Phi) is 2.64. The molecule has 1 N–H and O–H groups in total. The highest BCUT2D eigenvalue weighted by molar-refractivity contribution is 7.89. The Bertz CT molecular complexity index is 301. The molecule has 2 aliphatic rings. The fourth-order valence-electron chi connectivity index (χ4n) is 1.60. The topological polar surface area (TPSA) is 29.1 Å². The highest BCUT2D eigenvalue weighted by Gasteiger charge is 2.16. The van der Waals surface area contributed by atoms with Crippen molar-refractivity contribution in [1.29, 1.82) is 0 Å². The van der Waals surface area contributed by atoms with Crippen LogP contribution in [-0.2, 0) is 10.8 Å². The minimum Gasteiger partial charge on any atom is -0.368 e. The first-order chi connectivity index (χ1) is 6.38. The highest BCUT2D eigenvalue weighted by Crippen LogP contribution is 2.24. The van der Waals surface area contributed by atoms with Gasteiger partial charge in [-0.2, -0.15) is 0 Å². The largest absolute Gasteiger partial charge is 0.368 e. The van der Waals surface area contributed by atoms with Crippen molar-refractivity contribution < 1.29 is 4.21 Å². The summed E-state index contributed by atoms with van der Waals surface area (Å²) < 4.78 is 11.7. The Morgan fingerprint density at radius 1 is 1.23 bits per heavy atom. The second-order valence-corrected chi connectivity index (χ2v) is 4.81. The maximum atomic E-state index is 11.7.